The van der Waals surface area contributed by atoms with E-state index in [1.54, 1.807) is 64.1 Å². The first-order valence-corrected chi connectivity index (χ1v) is 35.6. The van der Waals surface area contributed by atoms with E-state index in [0.29, 0.717) is 29.6 Å². The highest BCUT2D eigenvalue weighted by molar-refractivity contribution is 7.18. The monoisotopic (exact) mass is 1310 g/mol. The Balaban J connectivity index is -0.000000223. The maximum absolute atomic E-state index is 5.52. The Morgan fingerprint density at radius 2 is 0.901 bits per heavy atom. The Hall–Kier alpha value is -6.68. The topological polar surface area (TPSA) is 155 Å². The highest BCUT2D eigenvalue weighted by Crippen LogP contribution is 2.27. The molecule has 15 heteroatoms. The molecule has 0 aliphatic rings. The third-order valence-corrected chi connectivity index (χ3v) is 11.6. The lowest BCUT2D eigenvalue weighted by atomic mass is 10.0. The second-order valence-electron chi connectivity index (χ2n) is 20.0. The van der Waals surface area contributed by atoms with Crippen molar-refractivity contribution in [3.05, 3.63) is 178 Å². The van der Waals surface area contributed by atoms with Gasteiger partial charge in [-0.15, -0.1) is 44.2 Å². The van der Waals surface area contributed by atoms with Crippen LogP contribution in [0.5, 0.6) is 0 Å². The van der Waals surface area contributed by atoms with Gasteiger partial charge in [0.05, 0.1) is 44.3 Å². The summed E-state index contributed by atoms with van der Waals surface area (Å²) in [5.74, 6) is 6.34. The summed E-state index contributed by atoms with van der Waals surface area (Å²) in [6, 6.07) is 32.4. The fourth-order valence-electron chi connectivity index (χ4n) is 5.85. The molecule has 7 aromatic heterocycles. The summed E-state index contributed by atoms with van der Waals surface area (Å²) in [5, 5.41) is 21.8. The molecule has 0 saturated carbocycles. The standard InChI is InChI=1S/2C11H12N2.C10H11NO.C10H11NS.C6H9NO.2C4H10.C3H3NS.C2H2N2S.7C2H6.CH4/c1-8(2)11-12-7-9-5-3-4-6-10(9)13-11;1-8(2)11-10-6-4-3-5-9(10)7-12-13-11;2*1-7(2)10-11-8-5-3-4-6-9(8)12-10;1-5(2)6-7-3-4-8-6;2*1-4(2)3;1-2-5-3-4-1;1-3-4-2-5-1;7*1-2;/h2*3-8H,1-2H3;2*3-7H,1-2H3;3-5H,1-2H3;2*4H,1-3H3;1-3H;1-2H;7*1-2H3;1H4. The van der Waals surface area contributed by atoms with Crippen LogP contribution in [0, 0.1) is 11.8 Å². The number of hydrogen-bond donors (Lipinski definition) is 0. The number of para-hydroxylation sites is 4. The molecule has 0 atom stereocenters. The van der Waals surface area contributed by atoms with Gasteiger partial charge >= 0.3 is 0 Å². The van der Waals surface area contributed by atoms with Crippen molar-refractivity contribution in [3.8, 4) is 0 Å². The van der Waals surface area contributed by atoms with Crippen LogP contribution < -0.4 is 0 Å². The second kappa shape index (κ2) is 64.8. The molecule has 12 nitrogen and oxygen atoms in total. The van der Waals surface area contributed by atoms with Crippen LogP contribution >= 0.6 is 34.0 Å². The van der Waals surface area contributed by atoms with Crippen molar-refractivity contribution < 1.29 is 8.83 Å². The quantitative estimate of drug-likeness (QED) is 0.161. The van der Waals surface area contributed by atoms with E-state index in [-0.39, 0.29) is 7.43 Å². The lowest BCUT2D eigenvalue weighted by Crippen LogP contribution is -1.96. The van der Waals surface area contributed by atoms with Crippen LogP contribution in [-0.4, -0.2) is 50.3 Å². The number of thiazole rings is 2. The van der Waals surface area contributed by atoms with Gasteiger partial charge in [0.25, 0.3) is 0 Å². The lowest BCUT2D eigenvalue weighted by Gasteiger charge is -2.06. The van der Waals surface area contributed by atoms with Crippen LogP contribution in [-0.2, 0) is 0 Å². The van der Waals surface area contributed by atoms with Crippen LogP contribution in [0.15, 0.2) is 159 Å². The molecule has 11 aromatic rings. The molecular weight excluding hydrogens is 1180 g/mol. The summed E-state index contributed by atoms with van der Waals surface area (Å²) in [6.45, 7) is 62.1. The van der Waals surface area contributed by atoms with E-state index in [9.17, 15) is 0 Å². The zero-order valence-electron chi connectivity index (χ0n) is 61.5. The Kier molecular flexibility index (Phi) is 68.0. The Labute approximate surface area is 567 Å². The van der Waals surface area contributed by atoms with Gasteiger partial charge in [0.1, 0.15) is 28.6 Å². The van der Waals surface area contributed by atoms with Gasteiger partial charge in [-0.05, 0) is 48.1 Å². The van der Waals surface area contributed by atoms with Gasteiger partial charge in [0.2, 0.25) is 0 Å². The average molecular weight is 1310 g/mol. The van der Waals surface area contributed by atoms with Crippen LogP contribution in [0.25, 0.3) is 43.0 Å². The van der Waals surface area contributed by atoms with E-state index in [0.717, 1.165) is 62.7 Å². The van der Waals surface area contributed by atoms with Gasteiger partial charge in [-0.25, -0.2) is 24.9 Å². The second-order valence-corrected chi connectivity index (χ2v) is 22.5. The first kappa shape index (κ1) is 95.4. The maximum atomic E-state index is 5.52. The highest BCUT2D eigenvalue weighted by atomic mass is 32.1. The minimum Gasteiger partial charge on any atom is -0.449 e. The number of oxazole rings is 2. The largest absolute Gasteiger partial charge is 0.449 e. The van der Waals surface area contributed by atoms with E-state index in [4.69, 9.17) is 8.83 Å². The molecule has 0 N–H and O–H groups in total. The summed E-state index contributed by atoms with van der Waals surface area (Å²) in [5.41, 5.74) is 10.2. The zero-order valence-corrected chi connectivity index (χ0v) is 63.9. The summed E-state index contributed by atoms with van der Waals surface area (Å²) >= 11 is 4.89. The number of nitrogens with zero attached hydrogens (tertiary/aromatic N) is 10. The summed E-state index contributed by atoms with van der Waals surface area (Å²) in [6.07, 6.45) is 8.72. The van der Waals surface area contributed by atoms with Crippen molar-refractivity contribution in [1.29, 1.82) is 0 Å². The average Bonchev–Trinajstić information content (AvgIpc) is 1.23. The molecule has 0 aliphatic heterocycles. The van der Waals surface area contributed by atoms with E-state index in [1.165, 1.54) is 31.8 Å². The molecule has 4 aromatic carbocycles. The van der Waals surface area contributed by atoms with E-state index >= 15 is 0 Å². The molecule has 91 heavy (non-hydrogen) atoms. The molecule has 0 aliphatic carbocycles. The predicted octanol–water partition coefficient (Wildman–Crippen LogP) is 26.5. The smallest absolute Gasteiger partial charge is 0.198 e. The molecule has 7 heterocycles. The van der Waals surface area contributed by atoms with Crippen molar-refractivity contribution >= 4 is 77.0 Å². The summed E-state index contributed by atoms with van der Waals surface area (Å²) in [4.78, 5) is 25.3. The van der Waals surface area contributed by atoms with Gasteiger partial charge in [-0.3, -0.25) is 4.98 Å². The maximum Gasteiger partial charge on any atom is 0.198 e. The molecule has 510 valence electrons. The summed E-state index contributed by atoms with van der Waals surface area (Å²) < 4.78 is 11.8. The minimum atomic E-state index is 0. The Morgan fingerprint density at radius 3 is 1.31 bits per heavy atom. The molecule has 0 spiro atoms. The number of rotatable bonds is 5. The van der Waals surface area contributed by atoms with Crippen LogP contribution in [0.4, 0.5) is 0 Å². The lowest BCUT2D eigenvalue weighted by molar-refractivity contribution is 0.471. The third kappa shape index (κ3) is 46.1. The van der Waals surface area contributed by atoms with Crippen molar-refractivity contribution in [2.45, 2.75) is 245 Å². The molecule has 0 saturated heterocycles. The fourth-order valence-corrected chi connectivity index (χ4v) is 7.44. The number of fused-ring (bicyclic) bond motifs is 4. The van der Waals surface area contributed by atoms with Crippen LogP contribution in [0.3, 0.4) is 0 Å². The number of hydrogen-bond acceptors (Lipinski definition) is 15. The van der Waals surface area contributed by atoms with E-state index in [2.05, 4.69) is 178 Å². The van der Waals surface area contributed by atoms with Gasteiger partial charge in [0, 0.05) is 57.6 Å². The van der Waals surface area contributed by atoms with E-state index in [1.807, 2.05) is 189 Å². The molecule has 0 fully saturated rings. The van der Waals surface area contributed by atoms with Crippen LogP contribution in [0.1, 0.15) is 273 Å². The summed E-state index contributed by atoms with van der Waals surface area (Å²) in [7, 11) is 0. The first-order valence-electron chi connectivity index (χ1n) is 32.9. The molecule has 0 radical (unpaired) electrons. The van der Waals surface area contributed by atoms with Crippen molar-refractivity contribution in [2.75, 3.05) is 0 Å². The van der Waals surface area contributed by atoms with Gasteiger partial charge in [-0.1, -0.05) is 282 Å². The van der Waals surface area contributed by atoms with Gasteiger partial charge < -0.3 is 8.83 Å². The molecule has 0 amide bonds. The van der Waals surface area contributed by atoms with Crippen molar-refractivity contribution in [1.82, 2.24) is 50.3 Å². The van der Waals surface area contributed by atoms with Crippen LogP contribution in [0.2, 0.25) is 0 Å². The minimum absolute atomic E-state index is 0. The number of benzene rings is 4. The third-order valence-electron chi connectivity index (χ3n) is 9.35. The SMILES string of the molecule is C.CC.CC.CC.CC.CC.CC.CC.CC(C)C.CC(C)C.CC(C)c1nc2ccccc2o1.CC(C)c1nc2ccccc2s1.CC(C)c1ncc2ccccc2n1.CC(C)c1ncco1.CC(C)c1nncc2ccccc12.c1cscn1.c1nncs1. The highest BCUT2D eigenvalue weighted by Gasteiger charge is 2.09. The van der Waals surface area contributed by atoms with Gasteiger partial charge in [-0.2, -0.15) is 10.2 Å². The Bertz CT molecular complexity index is 2920. The first-order chi connectivity index (χ1) is 43.4. The molecule has 0 unspecified atom stereocenters. The fraction of sp³-hybridized carbons (Fsp3) is 0.500. The van der Waals surface area contributed by atoms with E-state index < -0.39 is 0 Å². The molecule has 11 rings (SSSR count). The number of aromatic nitrogens is 10. The zero-order chi connectivity index (χ0) is 69.8. The predicted molar refractivity (Wildman–Crippen MR) is 409 cm³/mol. The normalized spacial score (nSPS) is 9.15. The van der Waals surface area contributed by atoms with Crippen molar-refractivity contribution in [2.24, 2.45) is 11.8 Å². The molecular formula is C76H126N10O2S3. The van der Waals surface area contributed by atoms with Crippen molar-refractivity contribution in [3.63, 3.8) is 0 Å². The Morgan fingerprint density at radius 1 is 0.407 bits per heavy atom. The van der Waals surface area contributed by atoms with Gasteiger partial charge in [0.15, 0.2) is 17.4 Å². The molecule has 0 bridgehead atoms.